The van der Waals surface area contributed by atoms with Crippen molar-refractivity contribution in [3.8, 4) is 6.07 Å². The van der Waals surface area contributed by atoms with Gasteiger partial charge in [0.1, 0.15) is 0 Å². The van der Waals surface area contributed by atoms with Crippen molar-refractivity contribution in [3.05, 3.63) is 53.6 Å². The molecule has 0 heterocycles. The van der Waals surface area contributed by atoms with Crippen molar-refractivity contribution < 1.29 is 13.2 Å². The van der Waals surface area contributed by atoms with Gasteiger partial charge in [-0.15, -0.1) is 0 Å². The lowest BCUT2D eigenvalue weighted by atomic mass is 10.1. The van der Waals surface area contributed by atoms with E-state index >= 15 is 0 Å². The standard InChI is InChI=1S/C23H30N4O3S/c1-5-26(6-2)22-13-12-20(31(29,30)27(7-3)8-4)17-21(22)25-23(28)19-11-9-10-18(16-19)14-15-24/h9-13,16-17H,5-8,14H2,1-4H3,(H,25,28). The van der Waals surface area contributed by atoms with Crippen LogP contribution in [0.4, 0.5) is 11.4 Å². The Morgan fingerprint density at radius 1 is 1.00 bits per heavy atom. The van der Waals surface area contributed by atoms with Crippen LogP contribution in [0.15, 0.2) is 47.4 Å². The second-order valence-electron chi connectivity index (χ2n) is 6.93. The summed E-state index contributed by atoms with van der Waals surface area (Å²) >= 11 is 0. The predicted molar refractivity (Wildman–Crippen MR) is 124 cm³/mol. The van der Waals surface area contributed by atoms with Crippen molar-refractivity contribution in [1.82, 2.24) is 4.31 Å². The van der Waals surface area contributed by atoms with Crippen LogP contribution in [0.25, 0.3) is 0 Å². The molecule has 1 amide bonds. The lowest BCUT2D eigenvalue weighted by Crippen LogP contribution is -2.31. The zero-order chi connectivity index (χ0) is 23.0. The zero-order valence-corrected chi connectivity index (χ0v) is 19.4. The number of carbonyl (C=O) groups excluding carboxylic acids is 1. The van der Waals surface area contributed by atoms with Gasteiger partial charge in [-0.2, -0.15) is 9.57 Å². The Kier molecular flexibility index (Phi) is 8.60. The van der Waals surface area contributed by atoms with Gasteiger partial charge in [-0.1, -0.05) is 26.0 Å². The van der Waals surface area contributed by atoms with Crippen LogP contribution < -0.4 is 10.2 Å². The van der Waals surface area contributed by atoms with E-state index in [1.807, 2.05) is 13.8 Å². The number of carbonyl (C=O) groups is 1. The second kappa shape index (κ2) is 10.9. The van der Waals surface area contributed by atoms with E-state index in [2.05, 4.69) is 16.3 Å². The van der Waals surface area contributed by atoms with Gasteiger partial charge in [0.15, 0.2) is 0 Å². The van der Waals surface area contributed by atoms with E-state index < -0.39 is 10.0 Å². The quantitative estimate of drug-likeness (QED) is 0.603. The predicted octanol–water partition coefficient (Wildman–Crippen LogP) is 3.88. The lowest BCUT2D eigenvalue weighted by molar-refractivity contribution is 0.102. The van der Waals surface area contributed by atoms with Gasteiger partial charge in [0, 0.05) is 31.7 Å². The molecule has 0 aliphatic heterocycles. The molecule has 0 radical (unpaired) electrons. The van der Waals surface area contributed by atoms with Crippen molar-refractivity contribution in [2.24, 2.45) is 0 Å². The van der Waals surface area contributed by atoms with Crippen molar-refractivity contribution in [2.45, 2.75) is 39.0 Å². The SMILES string of the molecule is CCN(CC)c1ccc(S(=O)(=O)N(CC)CC)cc1NC(=O)c1cccc(CC#N)c1. The molecule has 0 saturated heterocycles. The topological polar surface area (TPSA) is 93.5 Å². The van der Waals surface area contributed by atoms with Crippen LogP contribution in [-0.4, -0.2) is 44.8 Å². The molecule has 2 aromatic rings. The molecular weight excluding hydrogens is 412 g/mol. The van der Waals surface area contributed by atoms with Crippen LogP contribution in [0.5, 0.6) is 0 Å². The first-order chi connectivity index (χ1) is 14.8. The first-order valence-corrected chi connectivity index (χ1v) is 11.9. The van der Waals surface area contributed by atoms with Gasteiger partial charge in [0.2, 0.25) is 10.0 Å². The number of nitriles is 1. The number of sulfonamides is 1. The maximum Gasteiger partial charge on any atom is 0.255 e. The number of amides is 1. The maximum absolute atomic E-state index is 13.0. The average molecular weight is 443 g/mol. The molecule has 0 saturated carbocycles. The number of rotatable bonds is 10. The van der Waals surface area contributed by atoms with E-state index in [1.54, 1.807) is 50.2 Å². The molecule has 0 spiro atoms. The highest BCUT2D eigenvalue weighted by molar-refractivity contribution is 7.89. The Morgan fingerprint density at radius 3 is 2.26 bits per heavy atom. The normalized spacial score (nSPS) is 11.2. The highest BCUT2D eigenvalue weighted by Gasteiger charge is 2.24. The Morgan fingerprint density at radius 2 is 1.68 bits per heavy atom. The van der Waals surface area contributed by atoms with Crippen molar-refractivity contribution in [3.63, 3.8) is 0 Å². The van der Waals surface area contributed by atoms with Crippen LogP contribution in [-0.2, 0) is 16.4 Å². The molecule has 0 unspecified atom stereocenters. The van der Waals surface area contributed by atoms with E-state index in [-0.39, 0.29) is 17.2 Å². The van der Waals surface area contributed by atoms with Crippen LogP contribution in [0.2, 0.25) is 0 Å². The summed E-state index contributed by atoms with van der Waals surface area (Å²) in [6.07, 6.45) is 0.212. The van der Waals surface area contributed by atoms with Crippen molar-refractivity contribution in [1.29, 1.82) is 5.26 Å². The average Bonchev–Trinajstić information content (AvgIpc) is 2.76. The monoisotopic (exact) mass is 442 g/mol. The number of benzene rings is 2. The van der Waals surface area contributed by atoms with Gasteiger partial charge >= 0.3 is 0 Å². The molecule has 2 aromatic carbocycles. The molecule has 7 nitrogen and oxygen atoms in total. The van der Waals surface area contributed by atoms with Crippen molar-refractivity contribution in [2.75, 3.05) is 36.4 Å². The molecule has 0 bridgehead atoms. The lowest BCUT2D eigenvalue weighted by Gasteiger charge is -2.26. The number of hydrogen-bond acceptors (Lipinski definition) is 5. The third-order valence-corrected chi connectivity index (χ3v) is 7.18. The molecule has 166 valence electrons. The van der Waals surface area contributed by atoms with Gasteiger partial charge in [-0.05, 0) is 49.7 Å². The fourth-order valence-electron chi connectivity index (χ4n) is 3.44. The van der Waals surface area contributed by atoms with E-state index in [0.717, 1.165) is 11.3 Å². The van der Waals surface area contributed by atoms with Crippen LogP contribution in [0.3, 0.4) is 0 Å². The summed E-state index contributed by atoms with van der Waals surface area (Å²) in [5, 5.41) is 11.8. The molecule has 8 heteroatoms. The number of anilines is 2. The smallest absolute Gasteiger partial charge is 0.255 e. The Hall–Kier alpha value is -2.89. The van der Waals surface area contributed by atoms with Crippen molar-refractivity contribution >= 4 is 27.3 Å². The van der Waals surface area contributed by atoms with Gasteiger partial charge in [-0.25, -0.2) is 8.42 Å². The van der Waals surface area contributed by atoms with E-state index in [1.165, 1.54) is 10.4 Å². The summed E-state index contributed by atoms with van der Waals surface area (Å²) in [6, 6.07) is 13.8. The van der Waals surface area contributed by atoms with Gasteiger partial charge < -0.3 is 10.2 Å². The fraction of sp³-hybridized carbons (Fsp3) is 0.391. The minimum absolute atomic E-state index is 0.139. The zero-order valence-electron chi connectivity index (χ0n) is 18.6. The minimum Gasteiger partial charge on any atom is -0.370 e. The second-order valence-corrected chi connectivity index (χ2v) is 8.87. The molecule has 0 aliphatic rings. The highest BCUT2D eigenvalue weighted by atomic mass is 32.2. The van der Waals surface area contributed by atoms with Crippen LogP contribution in [0, 0.1) is 11.3 Å². The summed E-state index contributed by atoms with van der Waals surface area (Å²) in [4.78, 5) is 15.1. The number of hydrogen-bond donors (Lipinski definition) is 1. The summed E-state index contributed by atoms with van der Waals surface area (Å²) in [6.45, 7) is 9.73. The summed E-state index contributed by atoms with van der Waals surface area (Å²) in [5.74, 6) is -0.356. The first-order valence-electron chi connectivity index (χ1n) is 10.5. The third-order valence-electron chi connectivity index (χ3n) is 5.14. The van der Waals surface area contributed by atoms with E-state index in [4.69, 9.17) is 5.26 Å². The Balaban J connectivity index is 2.51. The molecule has 2 rings (SSSR count). The summed E-state index contributed by atoms with van der Waals surface area (Å²) < 4.78 is 27.4. The highest BCUT2D eigenvalue weighted by Crippen LogP contribution is 2.30. The molecule has 0 atom stereocenters. The minimum atomic E-state index is -3.67. The summed E-state index contributed by atoms with van der Waals surface area (Å²) in [7, 11) is -3.67. The maximum atomic E-state index is 13.0. The van der Waals surface area contributed by atoms with Crippen LogP contribution in [0.1, 0.15) is 43.6 Å². The Labute approximate surface area is 185 Å². The van der Waals surface area contributed by atoms with Gasteiger partial charge in [0.25, 0.3) is 5.91 Å². The fourth-order valence-corrected chi connectivity index (χ4v) is 4.92. The van der Waals surface area contributed by atoms with E-state index in [9.17, 15) is 13.2 Å². The summed E-state index contributed by atoms with van der Waals surface area (Å²) in [5.41, 5.74) is 2.35. The molecule has 31 heavy (non-hydrogen) atoms. The van der Waals surface area contributed by atoms with Gasteiger partial charge in [0.05, 0.1) is 28.8 Å². The molecule has 1 N–H and O–H groups in total. The number of nitrogens with one attached hydrogen (secondary N) is 1. The van der Waals surface area contributed by atoms with Gasteiger partial charge in [-0.3, -0.25) is 4.79 Å². The van der Waals surface area contributed by atoms with E-state index in [0.29, 0.717) is 37.4 Å². The Bertz CT molecular complexity index is 1050. The number of nitrogens with zero attached hydrogens (tertiary/aromatic N) is 3. The first kappa shape index (κ1) is 24.4. The molecule has 0 aliphatic carbocycles. The molecule has 0 aromatic heterocycles. The molecular formula is C23H30N4O3S. The largest absolute Gasteiger partial charge is 0.370 e. The van der Waals surface area contributed by atoms with Crippen LogP contribution >= 0.6 is 0 Å². The molecule has 0 fully saturated rings. The third kappa shape index (κ3) is 5.63.